The second-order valence-electron chi connectivity index (χ2n) is 3.99. The Morgan fingerprint density at radius 2 is 2.38 bits per heavy atom. The number of thiazole rings is 1. The molecule has 0 N–H and O–H groups in total. The van der Waals surface area contributed by atoms with Crippen molar-refractivity contribution in [1.82, 2.24) is 4.98 Å². The van der Waals surface area contributed by atoms with Gasteiger partial charge in [0.2, 0.25) is 0 Å². The molecule has 2 rings (SSSR count). The van der Waals surface area contributed by atoms with Gasteiger partial charge in [0.1, 0.15) is 5.60 Å². The van der Waals surface area contributed by atoms with Crippen molar-refractivity contribution in [2.24, 2.45) is 5.92 Å². The third-order valence-corrected chi connectivity index (χ3v) is 4.02. The van der Waals surface area contributed by atoms with E-state index in [9.17, 15) is 0 Å². The molecule has 0 aliphatic carbocycles. The standard InChI is InChI=1S/C10H15NOS/c1-7(2)10(3)9-8(4-5-12-10)11-6-13-9/h6-7H,4-5H2,1-3H3. The maximum atomic E-state index is 5.88. The molecular formula is C10H15NOS. The molecule has 13 heavy (non-hydrogen) atoms. The molecule has 1 unspecified atom stereocenters. The quantitative estimate of drug-likeness (QED) is 0.690. The molecule has 0 spiro atoms. The van der Waals surface area contributed by atoms with Gasteiger partial charge in [0.25, 0.3) is 0 Å². The van der Waals surface area contributed by atoms with E-state index in [0.717, 1.165) is 13.0 Å². The number of hydrogen-bond acceptors (Lipinski definition) is 3. The fourth-order valence-electron chi connectivity index (χ4n) is 1.71. The van der Waals surface area contributed by atoms with E-state index in [-0.39, 0.29) is 5.60 Å². The van der Waals surface area contributed by atoms with Crippen LogP contribution in [0.2, 0.25) is 0 Å². The summed E-state index contributed by atoms with van der Waals surface area (Å²) in [4.78, 5) is 5.70. The van der Waals surface area contributed by atoms with Gasteiger partial charge in [0.15, 0.2) is 0 Å². The molecule has 72 valence electrons. The average molecular weight is 197 g/mol. The predicted molar refractivity (Wildman–Crippen MR) is 54.0 cm³/mol. The molecule has 2 nitrogen and oxygen atoms in total. The smallest absolute Gasteiger partial charge is 0.104 e. The van der Waals surface area contributed by atoms with Gasteiger partial charge in [-0.25, -0.2) is 4.98 Å². The van der Waals surface area contributed by atoms with E-state index in [1.807, 2.05) is 5.51 Å². The van der Waals surface area contributed by atoms with Gasteiger partial charge in [0, 0.05) is 6.42 Å². The van der Waals surface area contributed by atoms with Crippen molar-refractivity contribution < 1.29 is 4.74 Å². The first kappa shape index (κ1) is 9.16. The largest absolute Gasteiger partial charge is 0.369 e. The normalized spacial score (nSPS) is 27.7. The molecule has 0 bridgehead atoms. The van der Waals surface area contributed by atoms with E-state index in [1.54, 1.807) is 11.3 Å². The summed E-state index contributed by atoms with van der Waals surface area (Å²) in [5, 5.41) is 0. The van der Waals surface area contributed by atoms with Gasteiger partial charge in [-0.1, -0.05) is 13.8 Å². The predicted octanol–water partition coefficient (Wildman–Crippen LogP) is 2.59. The van der Waals surface area contributed by atoms with Gasteiger partial charge in [-0.2, -0.15) is 0 Å². The molecule has 1 atom stereocenters. The van der Waals surface area contributed by atoms with Crippen molar-refractivity contribution in [1.29, 1.82) is 0 Å². The minimum Gasteiger partial charge on any atom is -0.369 e. The lowest BCUT2D eigenvalue weighted by atomic mass is 9.87. The molecule has 1 aliphatic heterocycles. The van der Waals surface area contributed by atoms with E-state index < -0.39 is 0 Å². The topological polar surface area (TPSA) is 22.1 Å². The van der Waals surface area contributed by atoms with E-state index >= 15 is 0 Å². The lowest BCUT2D eigenvalue weighted by Crippen LogP contribution is -2.36. The molecule has 0 saturated carbocycles. The van der Waals surface area contributed by atoms with Crippen LogP contribution >= 0.6 is 11.3 Å². The van der Waals surface area contributed by atoms with Crippen LogP contribution in [-0.4, -0.2) is 11.6 Å². The molecule has 0 fully saturated rings. The zero-order valence-corrected chi connectivity index (χ0v) is 9.15. The van der Waals surface area contributed by atoms with Gasteiger partial charge >= 0.3 is 0 Å². The lowest BCUT2D eigenvalue weighted by Gasteiger charge is -2.36. The summed E-state index contributed by atoms with van der Waals surface area (Å²) >= 11 is 1.72. The zero-order valence-electron chi connectivity index (χ0n) is 8.33. The molecule has 1 aromatic heterocycles. The molecule has 0 radical (unpaired) electrons. The van der Waals surface area contributed by atoms with Crippen molar-refractivity contribution in [3.63, 3.8) is 0 Å². The number of nitrogens with zero attached hydrogens (tertiary/aromatic N) is 1. The minimum absolute atomic E-state index is 0.102. The van der Waals surface area contributed by atoms with Gasteiger partial charge in [-0.3, -0.25) is 0 Å². The number of fused-ring (bicyclic) bond motifs is 1. The monoisotopic (exact) mass is 197 g/mol. The van der Waals surface area contributed by atoms with Gasteiger partial charge in [-0.05, 0) is 12.8 Å². The molecule has 0 amide bonds. The van der Waals surface area contributed by atoms with Crippen LogP contribution in [-0.2, 0) is 16.8 Å². The Balaban J connectivity index is 2.45. The van der Waals surface area contributed by atoms with Crippen LogP contribution in [0.5, 0.6) is 0 Å². The Morgan fingerprint density at radius 3 is 3.08 bits per heavy atom. The number of hydrogen-bond donors (Lipinski definition) is 0. The molecule has 2 heterocycles. The second-order valence-corrected chi connectivity index (χ2v) is 4.84. The van der Waals surface area contributed by atoms with Crippen molar-refractivity contribution in [3.05, 3.63) is 16.1 Å². The second kappa shape index (κ2) is 3.07. The van der Waals surface area contributed by atoms with Crippen LogP contribution in [0.4, 0.5) is 0 Å². The van der Waals surface area contributed by atoms with Gasteiger partial charge < -0.3 is 4.74 Å². The van der Waals surface area contributed by atoms with E-state index in [1.165, 1.54) is 10.6 Å². The summed E-state index contributed by atoms with van der Waals surface area (Å²) in [6.45, 7) is 7.39. The Bertz CT molecular complexity index is 308. The van der Waals surface area contributed by atoms with E-state index in [2.05, 4.69) is 25.8 Å². The maximum Gasteiger partial charge on any atom is 0.104 e. The maximum absolute atomic E-state index is 5.88. The Kier molecular flexibility index (Phi) is 2.16. The fourth-order valence-corrected chi connectivity index (χ4v) is 2.81. The van der Waals surface area contributed by atoms with Gasteiger partial charge in [0.05, 0.1) is 22.7 Å². The molecule has 0 aromatic carbocycles. The average Bonchev–Trinajstić information content (AvgIpc) is 2.53. The summed E-state index contributed by atoms with van der Waals surface area (Å²) < 4.78 is 5.88. The van der Waals surface area contributed by atoms with Crippen molar-refractivity contribution in [2.75, 3.05) is 6.61 Å². The van der Waals surface area contributed by atoms with Crippen LogP contribution in [0, 0.1) is 5.92 Å². The van der Waals surface area contributed by atoms with Crippen molar-refractivity contribution >= 4 is 11.3 Å². The highest BCUT2D eigenvalue weighted by Gasteiger charge is 2.37. The Morgan fingerprint density at radius 1 is 1.62 bits per heavy atom. The Hall–Kier alpha value is -0.410. The molecule has 3 heteroatoms. The van der Waals surface area contributed by atoms with Crippen LogP contribution < -0.4 is 0 Å². The summed E-state index contributed by atoms with van der Waals surface area (Å²) in [7, 11) is 0. The molecular weight excluding hydrogens is 182 g/mol. The highest BCUT2D eigenvalue weighted by Crippen LogP contribution is 2.40. The molecule has 0 saturated heterocycles. The van der Waals surface area contributed by atoms with Gasteiger partial charge in [-0.15, -0.1) is 11.3 Å². The number of ether oxygens (including phenoxy) is 1. The number of rotatable bonds is 1. The number of aromatic nitrogens is 1. The SMILES string of the molecule is CC(C)C1(C)OCCc2ncsc21. The van der Waals surface area contributed by atoms with Crippen molar-refractivity contribution in [2.45, 2.75) is 32.8 Å². The minimum atomic E-state index is -0.102. The third-order valence-electron chi connectivity index (χ3n) is 2.93. The first-order valence-corrected chi connectivity index (χ1v) is 5.59. The Labute approximate surface area is 83.0 Å². The van der Waals surface area contributed by atoms with Crippen LogP contribution in [0.3, 0.4) is 0 Å². The highest BCUT2D eigenvalue weighted by molar-refractivity contribution is 7.09. The lowest BCUT2D eigenvalue weighted by molar-refractivity contribution is -0.0767. The van der Waals surface area contributed by atoms with E-state index in [4.69, 9.17) is 4.74 Å². The summed E-state index contributed by atoms with van der Waals surface area (Å²) in [5.41, 5.74) is 3.07. The third kappa shape index (κ3) is 1.30. The van der Waals surface area contributed by atoms with Crippen LogP contribution in [0.1, 0.15) is 31.3 Å². The first-order chi connectivity index (χ1) is 6.14. The van der Waals surface area contributed by atoms with Crippen LogP contribution in [0.15, 0.2) is 5.51 Å². The molecule has 1 aromatic rings. The summed E-state index contributed by atoms with van der Waals surface area (Å²) in [6.07, 6.45) is 0.973. The van der Waals surface area contributed by atoms with E-state index in [0.29, 0.717) is 5.92 Å². The highest BCUT2D eigenvalue weighted by atomic mass is 32.1. The molecule has 1 aliphatic rings. The first-order valence-electron chi connectivity index (χ1n) is 4.71. The van der Waals surface area contributed by atoms with Crippen molar-refractivity contribution in [3.8, 4) is 0 Å². The van der Waals surface area contributed by atoms with Crippen LogP contribution in [0.25, 0.3) is 0 Å². The fraction of sp³-hybridized carbons (Fsp3) is 0.700. The summed E-state index contributed by atoms with van der Waals surface area (Å²) in [5.74, 6) is 0.506. The summed E-state index contributed by atoms with van der Waals surface area (Å²) in [6, 6.07) is 0. The zero-order chi connectivity index (χ0) is 9.47.